The van der Waals surface area contributed by atoms with E-state index in [2.05, 4.69) is 16.5 Å². The van der Waals surface area contributed by atoms with Crippen molar-refractivity contribution in [1.29, 1.82) is 5.26 Å². The summed E-state index contributed by atoms with van der Waals surface area (Å²) in [7, 11) is 0. The van der Waals surface area contributed by atoms with Crippen LogP contribution in [0.15, 0.2) is 54.6 Å². The van der Waals surface area contributed by atoms with Gasteiger partial charge in [0.25, 0.3) is 5.91 Å². The quantitative estimate of drug-likeness (QED) is 0.730. The van der Waals surface area contributed by atoms with Gasteiger partial charge in [0.2, 0.25) is 5.95 Å². The lowest BCUT2D eigenvalue weighted by atomic mass is 9.81. The van der Waals surface area contributed by atoms with Crippen LogP contribution in [0.1, 0.15) is 17.2 Å². The molecular formula is C19H14ClN5O. The van der Waals surface area contributed by atoms with E-state index < -0.39 is 17.7 Å². The van der Waals surface area contributed by atoms with Gasteiger partial charge in [0.15, 0.2) is 0 Å². The summed E-state index contributed by atoms with van der Waals surface area (Å²) in [5.74, 6) is -1.65. The van der Waals surface area contributed by atoms with E-state index >= 15 is 0 Å². The Hall–Kier alpha value is -3.30. The van der Waals surface area contributed by atoms with Crippen LogP contribution in [0, 0.1) is 17.2 Å². The third kappa shape index (κ3) is 2.50. The van der Waals surface area contributed by atoms with Crippen molar-refractivity contribution in [2.24, 2.45) is 5.92 Å². The molecule has 0 spiro atoms. The summed E-state index contributed by atoms with van der Waals surface area (Å²) in [6, 6.07) is 18.8. The maximum atomic E-state index is 12.5. The smallest absolute Gasteiger partial charge is 0.257 e. The summed E-state index contributed by atoms with van der Waals surface area (Å²) in [4.78, 5) is 16.9. The van der Waals surface area contributed by atoms with Gasteiger partial charge < -0.3 is 5.73 Å². The summed E-state index contributed by atoms with van der Waals surface area (Å²) >= 11 is 6.00. The van der Waals surface area contributed by atoms with E-state index in [1.54, 1.807) is 12.1 Å². The van der Waals surface area contributed by atoms with E-state index in [0.717, 1.165) is 11.1 Å². The Bertz CT molecular complexity index is 1020. The fourth-order valence-electron chi connectivity index (χ4n) is 3.31. The van der Waals surface area contributed by atoms with Crippen LogP contribution in [0.4, 0.5) is 5.95 Å². The van der Waals surface area contributed by atoms with Crippen molar-refractivity contribution in [3.05, 3.63) is 70.9 Å². The summed E-state index contributed by atoms with van der Waals surface area (Å²) in [6.07, 6.45) is 0. The molecule has 2 unspecified atom stereocenters. The molecule has 1 aliphatic rings. The number of hydrogen-bond donors (Lipinski definition) is 2. The monoisotopic (exact) mass is 363 g/mol. The average molecular weight is 364 g/mol. The number of carbonyl (C=O) groups is 1. The van der Waals surface area contributed by atoms with Gasteiger partial charge in [-0.25, -0.2) is 9.66 Å². The molecule has 2 atom stereocenters. The predicted molar refractivity (Wildman–Crippen MR) is 98.8 cm³/mol. The van der Waals surface area contributed by atoms with Crippen LogP contribution in [0.2, 0.25) is 5.02 Å². The van der Waals surface area contributed by atoms with Gasteiger partial charge >= 0.3 is 0 Å². The van der Waals surface area contributed by atoms with Gasteiger partial charge in [-0.3, -0.25) is 10.2 Å². The lowest BCUT2D eigenvalue weighted by molar-refractivity contribution is -0.120. The molecule has 0 aliphatic carbocycles. The number of benzene rings is 2. The molecule has 0 bridgehead atoms. The molecule has 128 valence electrons. The molecule has 0 saturated heterocycles. The highest BCUT2D eigenvalue weighted by atomic mass is 35.5. The number of imidazole rings is 1. The van der Waals surface area contributed by atoms with E-state index in [0.29, 0.717) is 16.4 Å². The molecule has 4 rings (SSSR count). The first-order valence-corrected chi connectivity index (χ1v) is 8.37. The minimum absolute atomic E-state index is 0.169. The largest absolute Gasteiger partial charge is 0.368 e. The number of amides is 1. The molecule has 1 amide bonds. The molecule has 0 fully saturated rings. The second-order valence-corrected chi connectivity index (χ2v) is 6.45. The van der Waals surface area contributed by atoms with Crippen molar-refractivity contribution in [1.82, 2.24) is 9.66 Å². The number of hydrogen-bond acceptors (Lipinski definition) is 4. The summed E-state index contributed by atoms with van der Waals surface area (Å²) in [5.41, 5.74) is 11.7. The van der Waals surface area contributed by atoms with E-state index in [9.17, 15) is 10.1 Å². The maximum absolute atomic E-state index is 12.5. The Balaban J connectivity index is 1.98. The number of nitrogens with zero attached hydrogens (tertiary/aromatic N) is 3. The molecule has 2 aromatic carbocycles. The van der Waals surface area contributed by atoms with Crippen molar-refractivity contribution in [2.45, 2.75) is 5.92 Å². The van der Waals surface area contributed by atoms with Crippen molar-refractivity contribution in [3.8, 4) is 17.3 Å². The van der Waals surface area contributed by atoms with Gasteiger partial charge in [-0.05, 0) is 17.7 Å². The van der Waals surface area contributed by atoms with Gasteiger partial charge in [0.05, 0.1) is 23.4 Å². The molecule has 1 aromatic heterocycles. The highest BCUT2D eigenvalue weighted by Crippen LogP contribution is 2.41. The molecule has 3 aromatic rings. The van der Waals surface area contributed by atoms with Gasteiger partial charge in [-0.2, -0.15) is 5.26 Å². The second kappa shape index (κ2) is 6.21. The molecule has 6 nitrogen and oxygen atoms in total. The number of anilines is 1. The van der Waals surface area contributed by atoms with Crippen LogP contribution in [0.25, 0.3) is 11.3 Å². The van der Waals surface area contributed by atoms with Crippen molar-refractivity contribution in [3.63, 3.8) is 0 Å². The first-order valence-electron chi connectivity index (χ1n) is 7.99. The lowest BCUT2D eigenvalue weighted by Crippen LogP contribution is -2.40. The number of nitrogens with one attached hydrogen (secondary N) is 1. The van der Waals surface area contributed by atoms with Gasteiger partial charge in [-0.15, -0.1) is 0 Å². The highest BCUT2D eigenvalue weighted by molar-refractivity contribution is 6.30. The average Bonchev–Trinajstić information content (AvgIpc) is 2.98. The van der Waals surface area contributed by atoms with Gasteiger partial charge in [0, 0.05) is 10.6 Å². The normalized spacial score (nSPS) is 18.7. The molecule has 26 heavy (non-hydrogen) atoms. The maximum Gasteiger partial charge on any atom is 0.257 e. The molecule has 0 saturated carbocycles. The Labute approximate surface area is 154 Å². The summed E-state index contributed by atoms with van der Waals surface area (Å²) in [6.45, 7) is 0. The topological polar surface area (TPSA) is 96.7 Å². The summed E-state index contributed by atoms with van der Waals surface area (Å²) < 4.78 is 1.47. The van der Waals surface area contributed by atoms with E-state index in [4.69, 9.17) is 17.3 Å². The van der Waals surface area contributed by atoms with Gasteiger partial charge in [0.1, 0.15) is 5.92 Å². The number of aromatic nitrogens is 2. The number of halogens is 1. The zero-order chi connectivity index (χ0) is 18.3. The lowest BCUT2D eigenvalue weighted by Gasteiger charge is -2.29. The zero-order valence-electron chi connectivity index (χ0n) is 13.6. The zero-order valence-corrected chi connectivity index (χ0v) is 14.3. The van der Waals surface area contributed by atoms with E-state index in [1.807, 2.05) is 42.5 Å². The third-order valence-corrected chi connectivity index (χ3v) is 4.74. The van der Waals surface area contributed by atoms with E-state index in [-0.39, 0.29) is 5.95 Å². The molecule has 0 radical (unpaired) electrons. The van der Waals surface area contributed by atoms with Crippen molar-refractivity contribution < 1.29 is 4.79 Å². The Morgan fingerprint density at radius 2 is 1.85 bits per heavy atom. The van der Waals surface area contributed by atoms with Crippen LogP contribution >= 0.6 is 11.6 Å². The fourth-order valence-corrected chi connectivity index (χ4v) is 3.43. The Morgan fingerprint density at radius 3 is 2.50 bits per heavy atom. The second-order valence-electron chi connectivity index (χ2n) is 6.02. The first-order chi connectivity index (χ1) is 12.6. The molecular weight excluding hydrogens is 350 g/mol. The van der Waals surface area contributed by atoms with Crippen LogP contribution in [-0.4, -0.2) is 15.6 Å². The van der Waals surface area contributed by atoms with Crippen LogP contribution in [0.5, 0.6) is 0 Å². The number of nitriles is 1. The number of fused-ring (bicyclic) bond motifs is 1. The minimum atomic E-state index is -0.901. The van der Waals surface area contributed by atoms with Crippen LogP contribution < -0.4 is 11.2 Å². The highest BCUT2D eigenvalue weighted by Gasteiger charge is 2.41. The third-order valence-electron chi connectivity index (χ3n) is 4.49. The minimum Gasteiger partial charge on any atom is -0.368 e. The van der Waals surface area contributed by atoms with Crippen molar-refractivity contribution >= 4 is 23.5 Å². The molecule has 3 N–H and O–H groups in total. The number of carbonyl (C=O) groups excluding carboxylic acids is 1. The van der Waals surface area contributed by atoms with Crippen LogP contribution in [-0.2, 0) is 4.79 Å². The standard InChI is InChI=1S/C19H14ClN5O/c20-13-8-6-11(7-9-13)15-14(10-21)18(26)24-25-17(15)16(23-19(25)22)12-4-2-1-3-5-12/h1-9,14-15H,(H2,22,23)(H,24,26). The van der Waals surface area contributed by atoms with Crippen molar-refractivity contribution in [2.75, 3.05) is 11.2 Å². The Kier molecular flexibility index (Phi) is 3.86. The Morgan fingerprint density at radius 1 is 1.15 bits per heavy atom. The number of nitrogens with two attached hydrogens (primary N) is 1. The SMILES string of the molecule is N#CC1C(=O)Nn2c(N)nc(-c3ccccc3)c2C1c1ccc(Cl)cc1. The molecule has 2 heterocycles. The number of rotatable bonds is 2. The molecule has 7 heteroatoms. The number of nitrogen functional groups attached to an aromatic ring is 1. The van der Waals surface area contributed by atoms with Gasteiger partial charge in [-0.1, -0.05) is 54.1 Å². The first kappa shape index (κ1) is 16.2. The fraction of sp³-hybridized carbons (Fsp3) is 0.105. The predicted octanol–water partition coefficient (Wildman–Crippen LogP) is 3.14. The van der Waals surface area contributed by atoms with E-state index in [1.165, 1.54) is 4.68 Å². The van der Waals surface area contributed by atoms with Crippen LogP contribution in [0.3, 0.4) is 0 Å². The molecule has 1 aliphatic heterocycles. The summed E-state index contributed by atoms with van der Waals surface area (Å²) in [5, 5.41) is 10.2.